The van der Waals surface area contributed by atoms with Gasteiger partial charge in [-0.1, -0.05) is 12.1 Å². The van der Waals surface area contributed by atoms with Gasteiger partial charge in [-0.3, -0.25) is 4.79 Å². The highest BCUT2D eigenvalue weighted by Gasteiger charge is 2.24. The van der Waals surface area contributed by atoms with Crippen molar-refractivity contribution < 1.29 is 19.1 Å². The molecule has 8 nitrogen and oxygen atoms in total. The smallest absolute Gasteiger partial charge is 0.339 e. The molecule has 1 amide bonds. The Balaban J connectivity index is 1.62. The van der Waals surface area contributed by atoms with Gasteiger partial charge in [-0.15, -0.1) is 11.3 Å². The molecule has 34 heavy (non-hydrogen) atoms. The van der Waals surface area contributed by atoms with E-state index < -0.39 is 18.0 Å². The quantitative estimate of drug-likeness (QED) is 0.365. The molecule has 3 aromatic heterocycles. The van der Waals surface area contributed by atoms with Crippen LogP contribution in [0.1, 0.15) is 42.7 Å². The molecule has 0 spiro atoms. The van der Waals surface area contributed by atoms with Gasteiger partial charge >= 0.3 is 5.97 Å². The Morgan fingerprint density at radius 1 is 1.15 bits per heavy atom. The van der Waals surface area contributed by atoms with Gasteiger partial charge in [-0.05, 0) is 62.9 Å². The summed E-state index contributed by atoms with van der Waals surface area (Å²) in [6.07, 6.45) is 0.575. The minimum atomic E-state index is -1.04. The molecule has 4 rings (SSSR count). The van der Waals surface area contributed by atoms with E-state index in [2.05, 4.69) is 10.4 Å². The van der Waals surface area contributed by atoms with Crippen LogP contribution in [0.5, 0.6) is 5.75 Å². The highest BCUT2D eigenvalue weighted by Crippen LogP contribution is 2.30. The first kappa shape index (κ1) is 23.4. The molecule has 9 heteroatoms. The van der Waals surface area contributed by atoms with Crippen molar-refractivity contribution in [3.63, 3.8) is 0 Å². The molecule has 1 atom stereocenters. The van der Waals surface area contributed by atoms with Crippen LogP contribution >= 0.6 is 11.3 Å². The number of fused-ring (bicyclic) bond motifs is 1. The summed E-state index contributed by atoms with van der Waals surface area (Å²) in [5, 5.41) is 9.72. The Kier molecular flexibility index (Phi) is 6.65. The standard InChI is InChI=1S/C25H26N4O4S/c1-14(2)29-23-18(13-26-29)17(12-20(27-23)22-7-6-10-34-22)25(31)33-16(4)24(30)28-19-11-15(3)8-9-21(19)32-5/h6-14,16H,1-5H3,(H,28,30). The van der Waals surface area contributed by atoms with Gasteiger partial charge in [-0.2, -0.15) is 5.10 Å². The number of thiophene rings is 1. The zero-order chi connectivity index (χ0) is 24.4. The lowest BCUT2D eigenvalue weighted by atomic mass is 10.1. The third-order valence-electron chi connectivity index (χ3n) is 5.32. The molecular weight excluding hydrogens is 452 g/mol. The van der Waals surface area contributed by atoms with Crippen molar-refractivity contribution in [2.75, 3.05) is 12.4 Å². The first-order chi connectivity index (χ1) is 16.3. The maximum atomic E-state index is 13.2. The van der Waals surface area contributed by atoms with Crippen LogP contribution in [0.4, 0.5) is 5.69 Å². The second-order valence-electron chi connectivity index (χ2n) is 8.19. The third-order valence-corrected chi connectivity index (χ3v) is 6.21. The highest BCUT2D eigenvalue weighted by atomic mass is 32.1. The maximum absolute atomic E-state index is 13.2. The maximum Gasteiger partial charge on any atom is 0.339 e. The first-order valence-electron chi connectivity index (χ1n) is 10.9. The summed E-state index contributed by atoms with van der Waals surface area (Å²) in [6.45, 7) is 7.44. The number of nitrogens with zero attached hydrogens (tertiary/aromatic N) is 3. The molecule has 4 aromatic rings. The summed E-state index contributed by atoms with van der Waals surface area (Å²) in [4.78, 5) is 31.7. The molecule has 1 N–H and O–H groups in total. The first-order valence-corrected chi connectivity index (χ1v) is 11.7. The monoisotopic (exact) mass is 478 g/mol. The van der Waals surface area contributed by atoms with Crippen LogP contribution in [0.3, 0.4) is 0 Å². The van der Waals surface area contributed by atoms with Crippen molar-refractivity contribution in [2.24, 2.45) is 0 Å². The fourth-order valence-electron chi connectivity index (χ4n) is 3.55. The predicted octanol–water partition coefficient (Wildman–Crippen LogP) is 5.24. The van der Waals surface area contributed by atoms with Crippen LogP contribution in [-0.2, 0) is 9.53 Å². The fourth-order valence-corrected chi connectivity index (χ4v) is 4.23. The van der Waals surface area contributed by atoms with E-state index in [0.717, 1.165) is 10.4 Å². The van der Waals surface area contributed by atoms with Crippen LogP contribution in [0.15, 0.2) is 48.0 Å². The van der Waals surface area contributed by atoms with Gasteiger partial charge in [0.15, 0.2) is 11.8 Å². The van der Waals surface area contributed by atoms with Crippen LogP contribution in [-0.4, -0.2) is 39.9 Å². The number of esters is 1. The van der Waals surface area contributed by atoms with Gasteiger partial charge < -0.3 is 14.8 Å². The number of carbonyl (C=O) groups excluding carboxylic acids is 2. The minimum absolute atomic E-state index is 0.0569. The molecule has 0 fully saturated rings. The summed E-state index contributed by atoms with van der Waals surface area (Å²) in [5.41, 5.74) is 3.03. The Morgan fingerprint density at radius 3 is 2.62 bits per heavy atom. The second-order valence-corrected chi connectivity index (χ2v) is 9.14. The highest BCUT2D eigenvalue weighted by molar-refractivity contribution is 7.13. The number of ether oxygens (including phenoxy) is 2. The van der Waals surface area contributed by atoms with Crippen LogP contribution in [0, 0.1) is 6.92 Å². The molecule has 1 unspecified atom stereocenters. The average Bonchev–Trinajstić information content (AvgIpc) is 3.48. The predicted molar refractivity (Wildman–Crippen MR) is 132 cm³/mol. The van der Waals surface area contributed by atoms with Crippen LogP contribution in [0.2, 0.25) is 0 Å². The Bertz CT molecular complexity index is 1340. The van der Waals surface area contributed by atoms with Gasteiger partial charge in [0.2, 0.25) is 0 Å². The van der Waals surface area contributed by atoms with Crippen LogP contribution < -0.4 is 10.1 Å². The lowest BCUT2D eigenvalue weighted by molar-refractivity contribution is -0.123. The van der Waals surface area contributed by atoms with Gasteiger partial charge in [-0.25, -0.2) is 14.5 Å². The number of benzene rings is 1. The van der Waals surface area contributed by atoms with Crippen molar-refractivity contribution in [3.05, 3.63) is 59.1 Å². The molecule has 0 aliphatic rings. The van der Waals surface area contributed by atoms with Gasteiger partial charge in [0.05, 0.1) is 40.5 Å². The number of aromatic nitrogens is 3. The lowest BCUT2D eigenvalue weighted by Gasteiger charge is -2.16. The molecule has 0 aliphatic heterocycles. The van der Waals surface area contributed by atoms with E-state index in [0.29, 0.717) is 33.7 Å². The zero-order valence-corrected chi connectivity index (χ0v) is 20.5. The summed E-state index contributed by atoms with van der Waals surface area (Å²) in [6, 6.07) is 11.1. The number of pyridine rings is 1. The molecule has 1 aromatic carbocycles. The molecule has 0 saturated heterocycles. The van der Waals surface area contributed by atoms with Gasteiger partial charge in [0, 0.05) is 6.04 Å². The van der Waals surface area contributed by atoms with E-state index in [1.807, 2.05) is 44.4 Å². The molecule has 176 valence electrons. The van der Waals surface area contributed by atoms with E-state index in [1.54, 1.807) is 29.1 Å². The van der Waals surface area contributed by atoms with Crippen LogP contribution in [0.25, 0.3) is 21.6 Å². The molecule has 3 heterocycles. The number of methoxy groups -OCH3 is 1. The van der Waals surface area contributed by atoms with E-state index in [-0.39, 0.29) is 6.04 Å². The Hall–Kier alpha value is -3.72. The lowest BCUT2D eigenvalue weighted by Crippen LogP contribution is -2.30. The number of amides is 1. The SMILES string of the molecule is COc1ccc(C)cc1NC(=O)C(C)OC(=O)c1cc(-c2cccs2)nc2c1cnn2C(C)C. The molecule has 0 saturated carbocycles. The topological polar surface area (TPSA) is 95.3 Å². The Morgan fingerprint density at radius 2 is 1.94 bits per heavy atom. The fraction of sp³-hybridized carbons (Fsp3) is 0.280. The van der Waals surface area contributed by atoms with E-state index in [4.69, 9.17) is 14.5 Å². The number of hydrogen-bond acceptors (Lipinski definition) is 7. The molecule has 0 radical (unpaired) electrons. The normalized spacial score (nSPS) is 12.1. The van der Waals surface area contributed by atoms with E-state index in [1.165, 1.54) is 25.4 Å². The van der Waals surface area contributed by atoms with Gasteiger partial charge in [0.1, 0.15) is 5.75 Å². The number of carbonyl (C=O) groups is 2. The summed E-state index contributed by atoms with van der Waals surface area (Å²) in [7, 11) is 1.53. The third kappa shape index (κ3) is 4.65. The average molecular weight is 479 g/mol. The largest absolute Gasteiger partial charge is 0.495 e. The van der Waals surface area contributed by atoms with Crippen molar-refractivity contribution in [2.45, 2.75) is 39.8 Å². The number of rotatable bonds is 7. The summed E-state index contributed by atoms with van der Waals surface area (Å²) < 4.78 is 12.7. The molecule has 0 bridgehead atoms. The Labute approximate surface area is 201 Å². The molecule has 0 aliphatic carbocycles. The molecular formula is C25H26N4O4S. The summed E-state index contributed by atoms with van der Waals surface area (Å²) in [5.74, 6) is -0.554. The van der Waals surface area contributed by atoms with E-state index >= 15 is 0 Å². The number of anilines is 1. The second kappa shape index (κ2) is 9.64. The van der Waals surface area contributed by atoms with Crippen molar-refractivity contribution in [1.82, 2.24) is 14.8 Å². The number of hydrogen-bond donors (Lipinski definition) is 1. The summed E-state index contributed by atoms with van der Waals surface area (Å²) >= 11 is 1.53. The van der Waals surface area contributed by atoms with Gasteiger partial charge in [0.25, 0.3) is 5.91 Å². The van der Waals surface area contributed by atoms with Crippen molar-refractivity contribution in [3.8, 4) is 16.3 Å². The zero-order valence-electron chi connectivity index (χ0n) is 19.7. The van der Waals surface area contributed by atoms with Crippen molar-refractivity contribution in [1.29, 1.82) is 0 Å². The van der Waals surface area contributed by atoms with Crippen molar-refractivity contribution >= 4 is 39.9 Å². The minimum Gasteiger partial charge on any atom is -0.495 e. The number of nitrogens with one attached hydrogen (secondary N) is 1. The van der Waals surface area contributed by atoms with E-state index in [9.17, 15) is 9.59 Å². The number of aryl methyl sites for hydroxylation is 1.